The van der Waals surface area contributed by atoms with Gasteiger partial charge in [-0.15, -0.1) is 0 Å². The Morgan fingerprint density at radius 2 is 1.87 bits per heavy atom. The summed E-state index contributed by atoms with van der Waals surface area (Å²) in [4.78, 5) is 11.3. The third-order valence-corrected chi connectivity index (χ3v) is 2.86. The van der Waals surface area contributed by atoms with Gasteiger partial charge in [0.1, 0.15) is 0 Å². The number of unbranched alkanes of at least 4 members (excludes halogenated alkanes) is 1. The Morgan fingerprint density at radius 1 is 1.27 bits per heavy atom. The quantitative estimate of drug-likeness (QED) is 0.679. The van der Waals surface area contributed by atoms with E-state index in [9.17, 15) is 4.79 Å². The fourth-order valence-electron chi connectivity index (χ4n) is 0.993. The molecule has 0 aliphatic heterocycles. The molecule has 1 atom stereocenters. The zero-order valence-corrected chi connectivity index (χ0v) is 10.8. The maximum Gasteiger partial charge on any atom is 0.314 e. The fraction of sp³-hybridized carbons (Fsp3) is 0.917. The Labute approximate surface area is 94.0 Å². The number of hydrogen-bond donors (Lipinski definition) is 2. The summed E-state index contributed by atoms with van der Waals surface area (Å²) in [6, 6.07) is -0.0421. The molecule has 0 spiro atoms. The van der Waals surface area contributed by atoms with E-state index in [0.29, 0.717) is 5.92 Å². The molecule has 90 valence electrons. The van der Waals surface area contributed by atoms with E-state index in [1.807, 2.05) is 0 Å². The summed E-state index contributed by atoms with van der Waals surface area (Å²) < 4.78 is 0. The van der Waals surface area contributed by atoms with Gasteiger partial charge in [-0.2, -0.15) is 0 Å². The highest BCUT2D eigenvalue weighted by Gasteiger charge is 2.19. The highest BCUT2D eigenvalue weighted by Crippen LogP contribution is 2.24. The van der Waals surface area contributed by atoms with Gasteiger partial charge in [-0.3, -0.25) is 0 Å². The monoisotopic (exact) mass is 214 g/mol. The molecule has 0 radical (unpaired) electrons. The van der Waals surface area contributed by atoms with Crippen LogP contribution in [0.4, 0.5) is 4.79 Å². The summed E-state index contributed by atoms with van der Waals surface area (Å²) in [7, 11) is 0. The molecule has 0 aromatic heterocycles. The molecule has 0 aromatic carbocycles. The molecule has 0 aliphatic rings. The van der Waals surface area contributed by atoms with Crippen LogP contribution >= 0.6 is 0 Å². The fourth-order valence-corrected chi connectivity index (χ4v) is 0.993. The average molecular weight is 214 g/mol. The molecule has 1 unspecified atom stereocenters. The highest BCUT2D eigenvalue weighted by atomic mass is 16.2. The first-order valence-electron chi connectivity index (χ1n) is 5.89. The van der Waals surface area contributed by atoms with Crippen molar-refractivity contribution in [3.05, 3.63) is 0 Å². The third-order valence-electron chi connectivity index (χ3n) is 2.86. The summed E-state index contributed by atoms with van der Waals surface area (Å²) in [5.41, 5.74) is 0.247. The lowest BCUT2D eigenvalue weighted by atomic mass is 9.82. The second kappa shape index (κ2) is 6.70. The lowest BCUT2D eigenvalue weighted by molar-refractivity contribution is 0.225. The predicted molar refractivity (Wildman–Crippen MR) is 64.9 cm³/mol. The van der Waals surface area contributed by atoms with Gasteiger partial charge in [-0.25, -0.2) is 4.79 Å². The van der Waals surface area contributed by atoms with Crippen molar-refractivity contribution in [3.63, 3.8) is 0 Å². The average Bonchev–Trinajstić information content (AvgIpc) is 2.13. The Hall–Kier alpha value is -0.730. The van der Waals surface area contributed by atoms with Crippen molar-refractivity contribution in [1.29, 1.82) is 0 Å². The summed E-state index contributed by atoms with van der Waals surface area (Å²) in [5, 5.41) is 5.74. The highest BCUT2D eigenvalue weighted by molar-refractivity contribution is 5.73. The lowest BCUT2D eigenvalue weighted by Crippen LogP contribution is -2.40. The molecule has 2 amide bonds. The number of carbonyl (C=O) groups is 1. The molecule has 2 N–H and O–H groups in total. The first-order chi connectivity index (χ1) is 6.88. The van der Waals surface area contributed by atoms with E-state index in [-0.39, 0.29) is 11.4 Å². The molecule has 3 nitrogen and oxygen atoms in total. The molecule has 0 bridgehead atoms. The predicted octanol–water partition coefficient (Wildman–Crippen LogP) is 2.77. The van der Waals surface area contributed by atoms with Crippen LogP contribution < -0.4 is 10.6 Å². The van der Waals surface area contributed by atoms with Gasteiger partial charge >= 0.3 is 6.03 Å². The molecule has 0 fully saturated rings. The van der Waals surface area contributed by atoms with Crippen LogP contribution in [-0.2, 0) is 0 Å². The van der Waals surface area contributed by atoms with Gasteiger partial charge in [0.2, 0.25) is 0 Å². The molecule has 3 heteroatoms. The van der Waals surface area contributed by atoms with E-state index in [4.69, 9.17) is 0 Å². The van der Waals surface area contributed by atoms with Gasteiger partial charge in [0.25, 0.3) is 0 Å². The van der Waals surface area contributed by atoms with Crippen LogP contribution in [0.25, 0.3) is 0 Å². The molecule has 0 saturated heterocycles. The minimum Gasteiger partial charge on any atom is -0.338 e. The van der Waals surface area contributed by atoms with Gasteiger partial charge < -0.3 is 10.6 Å². The van der Waals surface area contributed by atoms with Crippen LogP contribution in [0.3, 0.4) is 0 Å². The molecule has 0 saturated carbocycles. The van der Waals surface area contributed by atoms with Crippen molar-refractivity contribution in [2.24, 2.45) is 11.3 Å². The molecule has 15 heavy (non-hydrogen) atoms. The van der Waals surface area contributed by atoms with Crippen molar-refractivity contribution >= 4 is 6.03 Å². The Bertz CT molecular complexity index is 185. The van der Waals surface area contributed by atoms with Crippen molar-refractivity contribution in [3.8, 4) is 0 Å². The molecular formula is C12H26N2O. The van der Waals surface area contributed by atoms with E-state index in [0.717, 1.165) is 25.9 Å². The Balaban J connectivity index is 3.62. The summed E-state index contributed by atoms with van der Waals surface area (Å²) >= 11 is 0. The normalized spacial score (nSPS) is 13.4. The van der Waals surface area contributed by atoms with Gasteiger partial charge in [-0.05, 0) is 17.8 Å². The third kappa shape index (κ3) is 7.23. The number of urea groups is 1. The first-order valence-corrected chi connectivity index (χ1v) is 5.89. The van der Waals surface area contributed by atoms with E-state index in [2.05, 4.69) is 45.3 Å². The standard InChI is InChI=1S/C12H26N2O/c1-6-7-8-13-11(15)14-9-10(2)12(3,4)5/h10H,6-9H2,1-5H3,(H2,13,14,15). The van der Waals surface area contributed by atoms with E-state index in [1.54, 1.807) is 0 Å². The van der Waals surface area contributed by atoms with Crippen molar-refractivity contribution < 1.29 is 4.79 Å². The van der Waals surface area contributed by atoms with Crippen LogP contribution in [-0.4, -0.2) is 19.1 Å². The van der Waals surface area contributed by atoms with Gasteiger partial charge in [0.15, 0.2) is 0 Å². The van der Waals surface area contributed by atoms with Crippen LogP contribution in [0.2, 0.25) is 0 Å². The number of hydrogen-bond acceptors (Lipinski definition) is 1. The molecular weight excluding hydrogens is 188 g/mol. The maximum absolute atomic E-state index is 11.3. The lowest BCUT2D eigenvalue weighted by Gasteiger charge is -2.27. The van der Waals surface area contributed by atoms with Crippen molar-refractivity contribution in [2.75, 3.05) is 13.1 Å². The van der Waals surface area contributed by atoms with E-state index >= 15 is 0 Å². The number of nitrogens with one attached hydrogen (secondary N) is 2. The van der Waals surface area contributed by atoms with Gasteiger partial charge in [0, 0.05) is 13.1 Å². The molecule has 0 heterocycles. The van der Waals surface area contributed by atoms with Crippen LogP contribution in [0, 0.1) is 11.3 Å². The molecule has 0 rings (SSSR count). The smallest absolute Gasteiger partial charge is 0.314 e. The van der Waals surface area contributed by atoms with Gasteiger partial charge in [0.05, 0.1) is 0 Å². The van der Waals surface area contributed by atoms with Crippen molar-refractivity contribution in [1.82, 2.24) is 10.6 Å². The number of carbonyl (C=O) groups excluding carboxylic acids is 1. The zero-order chi connectivity index (χ0) is 11.9. The summed E-state index contributed by atoms with van der Waals surface area (Å²) in [6.45, 7) is 12.3. The second-order valence-corrected chi connectivity index (χ2v) is 5.26. The van der Waals surface area contributed by atoms with Gasteiger partial charge in [-0.1, -0.05) is 41.0 Å². The minimum absolute atomic E-state index is 0.0421. The largest absolute Gasteiger partial charge is 0.338 e. The summed E-state index contributed by atoms with van der Waals surface area (Å²) in [6.07, 6.45) is 2.15. The van der Waals surface area contributed by atoms with E-state index < -0.39 is 0 Å². The van der Waals surface area contributed by atoms with Crippen LogP contribution in [0.1, 0.15) is 47.5 Å². The van der Waals surface area contributed by atoms with Crippen LogP contribution in [0.15, 0.2) is 0 Å². The molecule has 0 aliphatic carbocycles. The first kappa shape index (κ1) is 14.3. The Kier molecular flexibility index (Phi) is 6.37. The zero-order valence-electron chi connectivity index (χ0n) is 10.8. The van der Waals surface area contributed by atoms with Crippen LogP contribution in [0.5, 0.6) is 0 Å². The topological polar surface area (TPSA) is 41.1 Å². The SMILES string of the molecule is CCCCNC(=O)NCC(C)C(C)(C)C. The van der Waals surface area contributed by atoms with Crippen molar-refractivity contribution in [2.45, 2.75) is 47.5 Å². The van der Waals surface area contributed by atoms with E-state index in [1.165, 1.54) is 0 Å². The Morgan fingerprint density at radius 3 is 2.33 bits per heavy atom. The minimum atomic E-state index is -0.0421. The molecule has 0 aromatic rings. The second-order valence-electron chi connectivity index (χ2n) is 5.26. The maximum atomic E-state index is 11.3. The number of rotatable bonds is 5. The summed E-state index contributed by atoms with van der Waals surface area (Å²) in [5.74, 6) is 0.481. The number of amides is 2.